The number of aromatic nitrogens is 1. The van der Waals surface area contributed by atoms with Crippen molar-refractivity contribution in [2.45, 2.75) is 5.54 Å². The fourth-order valence-corrected chi connectivity index (χ4v) is 2.49. The van der Waals surface area contributed by atoms with Crippen molar-refractivity contribution in [3.8, 4) is 0 Å². The number of aliphatic imine (C=N–C) groups is 1. The third-order valence-electron chi connectivity index (χ3n) is 3.55. The molecule has 0 saturated carbocycles. The fourth-order valence-electron chi connectivity index (χ4n) is 2.37. The van der Waals surface area contributed by atoms with Crippen LogP contribution in [0.2, 0.25) is 0 Å². The van der Waals surface area contributed by atoms with Gasteiger partial charge in [-0.25, -0.2) is 4.39 Å². The van der Waals surface area contributed by atoms with Gasteiger partial charge in [-0.15, -0.1) is 0 Å². The number of pyridine rings is 1. The Morgan fingerprint density at radius 2 is 1.91 bits per heavy atom. The van der Waals surface area contributed by atoms with Gasteiger partial charge >= 0.3 is 0 Å². The van der Waals surface area contributed by atoms with E-state index in [1.807, 2.05) is 0 Å². The summed E-state index contributed by atoms with van der Waals surface area (Å²) in [7, 11) is 0. The Bertz CT molecular complexity index is 832. The lowest BCUT2D eigenvalue weighted by Gasteiger charge is -2.22. The summed E-state index contributed by atoms with van der Waals surface area (Å²) in [6, 6.07) is 8.64. The van der Waals surface area contributed by atoms with Gasteiger partial charge in [-0.05, 0) is 48.0 Å². The first-order chi connectivity index (χ1) is 11.0. The normalized spacial score (nSPS) is 19.0. The molecule has 0 saturated heterocycles. The van der Waals surface area contributed by atoms with Gasteiger partial charge in [0.25, 0.3) is 5.24 Å². The molecule has 1 aromatic carbocycles. The number of hydrogen-bond donors (Lipinski definition) is 0. The highest BCUT2D eigenvalue weighted by atomic mass is 35.5. The van der Waals surface area contributed by atoms with E-state index in [0.29, 0.717) is 0 Å². The van der Waals surface area contributed by atoms with Crippen molar-refractivity contribution in [2.75, 3.05) is 0 Å². The Morgan fingerprint density at radius 1 is 1.13 bits per heavy atom. The molecular formula is C17H10ClFN2O2. The lowest BCUT2D eigenvalue weighted by atomic mass is 9.86. The fraction of sp³-hybridized carbons (Fsp3) is 0.0588. The van der Waals surface area contributed by atoms with E-state index in [9.17, 15) is 14.0 Å². The number of carbonyl (C=O) groups excluding carboxylic acids is 2. The zero-order valence-electron chi connectivity index (χ0n) is 11.7. The number of hydrogen-bond acceptors (Lipinski definition) is 4. The largest absolute Gasteiger partial charge is 0.290 e. The lowest BCUT2D eigenvalue weighted by Crippen LogP contribution is -2.32. The number of benzene rings is 1. The standard InChI is InChI=1S/C17H10ClFN2O2/c18-16(23)11-6-7-14(20-10-11)17(8-3-9-21-17)15(22)12-4-1-2-5-13(12)19/h1-10H. The average molecular weight is 329 g/mol. The van der Waals surface area contributed by atoms with Crippen LogP contribution in [0.3, 0.4) is 0 Å². The highest BCUT2D eigenvalue weighted by molar-refractivity contribution is 6.67. The predicted octanol–water partition coefficient (Wildman–Crippen LogP) is 3.32. The van der Waals surface area contributed by atoms with E-state index in [1.54, 1.807) is 18.2 Å². The van der Waals surface area contributed by atoms with Crippen LogP contribution in [-0.2, 0) is 5.54 Å². The first-order valence-electron chi connectivity index (χ1n) is 6.73. The molecule has 1 unspecified atom stereocenters. The zero-order chi connectivity index (χ0) is 16.4. The van der Waals surface area contributed by atoms with Crippen LogP contribution < -0.4 is 0 Å². The van der Waals surface area contributed by atoms with Crippen LogP contribution in [-0.4, -0.2) is 22.2 Å². The summed E-state index contributed by atoms with van der Waals surface area (Å²) >= 11 is 5.39. The number of rotatable bonds is 4. The second-order valence-electron chi connectivity index (χ2n) is 4.92. The average Bonchev–Trinajstić information content (AvgIpc) is 3.06. The third-order valence-corrected chi connectivity index (χ3v) is 3.77. The van der Waals surface area contributed by atoms with Gasteiger partial charge < -0.3 is 0 Å². The molecule has 1 aromatic heterocycles. The summed E-state index contributed by atoms with van der Waals surface area (Å²) in [4.78, 5) is 32.3. The minimum atomic E-state index is -1.43. The van der Waals surface area contributed by atoms with E-state index in [0.717, 1.165) is 0 Å². The van der Waals surface area contributed by atoms with Crippen molar-refractivity contribution in [2.24, 2.45) is 4.99 Å². The first-order valence-corrected chi connectivity index (χ1v) is 7.11. The quantitative estimate of drug-likeness (QED) is 0.639. The number of allylic oxidation sites excluding steroid dienone is 1. The molecule has 6 heteroatoms. The van der Waals surface area contributed by atoms with Crippen LogP contribution in [0.25, 0.3) is 0 Å². The molecule has 3 rings (SSSR count). The van der Waals surface area contributed by atoms with Gasteiger partial charge in [-0.1, -0.05) is 12.1 Å². The molecule has 2 heterocycles. The Labute approximate surface area is 136 Å². The van der Waals surface area contributed by atoms with Crippen molar-refractivity contribution in [3.63, 3.8) is 0 Å². The topological polar surface area (TPSA) is 59.4 Å². The van der Waals surface area contributed by atoms with Crippen molar-refractivity contribution < 1.29 is 14.0 Å². The van der Waals surface area contributed by atoms with E-state index in [2.05, 4.69) is 9.98 Å². The van der Waals surface area contributed by atoms with E-state index in [1.165, 1.54) is 42.7 Å². The zero-order valence-corrected chi connectivity index (χ0v) is 12.5. The number of ketones is 1. The van der Waals surface area contributed by atoms with Gasteiger partial charge in [-0.2, -0.15) is 0 Å². The smallest absolute Gasteiger partial charge is 0.253 e. The van der Waals surface area contributed by atoms with Gasteiger partial charge in [0.1, 0.15) is 5.82 Å². The van der Waals surface area contributed by atoms with E-state index >= 15 is 0 Å². The van der Waals surface area contributed by atoms with Crippen molar-refractivity contribution in [3.05, 3.63) is 77.4 Å². The molecule has 114 valence electrons. The lowest BCUT2D eigenvalue weighted by molar-refractivity contribution is 0.0916. The molecule has 0 amide bonds. The van der Waals surface area contributed by atoms with Crippen molar-refractivity contribution >= 4 is 28.8 Å². The summed E-state index contributed by atoms with van der Waals surface area (Å²) in [5.41, 5.74) is -1.02. The third kappa shape index (κ3) is 2.59. The van der Waals surface area contributed by atoms with Crippen LogP contribution >= 0.6 is 11.6 Å². The summed E-state index contributed by atoms with van der Waals surface area (Å²) < 4.78 is 14.0. The van der Waals surface area contributed by atoms with E-state index in [4.69, 9.17) is 11.6 Å². The van der Waals surface area contributed by atoms with Crippen molar-refractivity contribution in [1.29, 1.82) is 0 Å². The minimum absolute atomic E-state index is 0.0736. The molecule has 0 aliphatic carbocycles. The van der Waals surface area contributed by atoms with Gasteiger partial charge in [0.15, 0.2) is 5.54 Å². The SMILES string of the molecule is O=C(Cl)c1ccc(C2(C(=O)c3ccccc3F)C=CC=N2)nc1. The summed E-state index contributed by atoms with van der Waals surface area (Å²) in [6.07, 6.45) is 5.87. The highest BCUT2D eigenvalue weighted by Gasteiger charge is 2.41. The maximum Gasteiger partial charge on any atom is 0.253 e. The van der Waals surface area contributed by atoms with E-state index < -0.39 is 22.4 Å². The van der Waals surface area contributed by atoms with Gasteiger partial charge in [0, 0.05) is 12.4 Å². The summed E-state index contributed by atoms with van der Waals surface area (Å²) in [6.45, 7) is 0. The number of nitrogens with zero attached hydrogens (tertiary/aromatic N) is 2. The maximum atomic E-state index is 14.0. The van der Waals surface area contributed by atoms with Gasteiger partial charge in [0.05, 0.1) is 16.8 Å². The maximum absolute atomic E-state index is 14.0. The minimum Gasteiger partial charge on any atom is -0.290 e. The molecule has 4 nitrogen and oxygen atoms in total. The van der Waals surface area contributed by atoms with Crippen molar-refractivity contribution in [1.82, 2.24) is 4.98 Å². The molecule has 0 radical (unpaired) electrons. The predicted molar refractivity (Wildman–Crippen MR) is 84.5 cm³/mol. The number of Topliss-reactive ketones (excluding diaryl/α,β-unsaturated/α-hetero) is 1. The second kappa shape index (κ2) is 5.85. The first kappa shape index (κ1) is 15.2. The molecular weight excluding hydrogens is 319 g/mol. The van der Waals surface area contributed by atoms with Crippen LogP contribution in [0.4, 0.5) is 4.39 Å². The number of carbonyl (C=O) groups is 2. The Hall–Kier alpha value is -2.66. The highest BCUT2D eigenvalue weighted by Crippen LogP contribution is 2.33. The van der Waals surface area contributed by atoms with Gasteiger partial charge in [0.2, 0.25) is 5.78 Å². The molecule has 1 aliphatic rings. The molecule has 0 N–H and O–H groups in total. The Balaban J connectivity index is 2.09. The second-order valence-corrected chi connectivity index (χ2v) is 5.26. The van der Waals surface area contributed by atoms with Gasteiger partial charge in [-0.3, -0.25) is 19.6 Å². The Morgan fingerprint density at radius 3 is 2.48 bits per heavy atom. The molecule has 23 heavy (non-hydrogen) atoms. The summed E-state index contributed by atoms with van der Waals surface area (Å²) in [5.74, 6) is -1.15. The van der Waals surface area contributed by atoms with Crippen LogP contribution in [0.5, 0.6) is 0 Å². The molecule has 0 spiro atoms. The van der Waals surface area contributed by atoms with Crippen LogP contribution in [0.15, 0.2) is 59.7 Å². The van der Waals surface area contributed by atoms with E-state index in [-0.39, 0.29) is 16.8 Å². The molecule has 0 fully saturated rings. The molecule has 0 bridgehead atoms. The molecule has 2 aromatic rings. The summed E-state index contributed by atoms with van der Waals surface area (Å²) in [5, 5.41) is -0.649. The number of halogens is 2. The molecule has 1 aliphatic heterocycles. The van der Waals surface area contributed by atoms with Crippen LogP contribution in [0.1, 0.15) is 26.4 Å². The monoisotopic (exact) mass is 328 g/mol. The Kier molecular flexibility index (Phi) is 3.88. The molecule has 1 atom stereocenters. The van der Waals surface area contributed by atoms with Crippen LogP contribution in [0, 0.1) is 5.82 Å².